The smallest absolute Gasteiger partial charge is 0.318 e. The van der Waals surface area contributed by atoms with E-state index in [0.29, 0.717) is 40.0 Å². The molecule has 2 N–H and O–H groups in total. The molecule has 0 saturated carbocycles. The zero-order chi connectivity index (χ0) is 17.4. The molecular formula is C16H16ClN5O3. The van der Waals surface area contributed by atoms with Gasteiger partial charge in [-0.15, -0.1) is 0 Å². The SMILES string of the molecule is COc1cccc(Nc2nc(O)nc3c2ncn3C2CCCO2)c1Cl. The number of nitrogens with one attached hydrogen (secondary N) is 1. The van der Waals surface area contributed by atoms with Crippen molar-refractivity contribution in [2.45, 2.75) is 19.1 Å². The number of anilines is 2. The second-order valence-corrected chi connectivity index (χ2v) is 5.99. The number of nitrogens with zero attached hydrogens (tertiary/aromatic N) is 4. The number of hydrogen-bond acceptors (Lipinski definition) is 7. The first-order valence-electron chi connectivity index (χ1n) is 7.82. The zero-order valence-corrected chi connectivity index (χ0v) is 14.2. The van der Waals surface area contributed by atoms with E-state index in [0.717, 1.165) is 12.8 Å². The minimum atomic E-state index is -0.353. The van der Waals surface area contributed by atoms with E-state index in [4.69, 9.17) is 21.1 Å². The normalized spacial score (nSPS) is 17.1. The molecule has 1 aromatic carbocycles. The van der Waals surface area contributed by atoms with Crippen molar-refractivity contribution < 1.29 is 14.6 Å². The van der Waals surface area contributed by atoms with Gasteiger partial charge in [0, 0.05) is 6.61 Å². The van der Waals surface area contributed by atoms with Gasteiger partial charge in [0.25, 0.3) is 0 Å². The molecule has 0 radical (unpaired) electrons. The minimum Gasteiger partial charge on any atom is -0.495 e. The largest absolute Gasteiger partial charge is 0.495 e. The maximum absolute atomic E-state index is 9.94. The fraction of sp³-hybridized carbons (Fsp3) is 0.312. The summed E-state index contributed by atoms with van der Waals surface area (Å²) in [6.45, 7) is 0.700. The van der Waals surface area contributed by atoms with Crippen molar-refractivity contribution >= 4 is 34.3 Å². The van der Waals surface area contributed by atoms with Gasteiger partial charge < -0.3 is 19.9 Å². The summed E-state index contributed by atoms with van der Waals surface area (Å²) in [5, 5.41) is 13.4. The second-order valence-electron chi connectivity index (χ2n) is 5.61. The molecule has 0 bridgehead atoms. The molecular weight excluding hydrogens is 346 g/mol. The van der Waals surface area contributed by atoms with Crippen molar-refractivity contribution in [3.63, 3.8) is 0 Å². The average molecular weight is 362 g/mol. The van der Waals surface area contributed by atoms with Crippen LogP contribution in [0.5, 0.6) is 11.8 Å². The molecule has 1 saturated heterocycles. The highest BCUT2D eigenvalue weighted by molar-refractivity contribution is 6.34. The molecule has 1 aliphatic rings. The predicted molar refractivity (Wildman–Crippen MR) is 92.5 cm³/mol. The van der Waals surface area contributed by atoms with Gasteiger partial charge in [-0.3, -0.25) is 4.57 Å². The van der Waals surface area contributed by atoms with Gasteiger partial charge in [-0.1, -0.05) is 17.7 Å². The number of hydrogen-bond donors (Lipinski definition) is 2. The number of aromatic hydroxyl groups is 1. The Hall–Kier alpha value is -2.58. The molecule has 9 heteroatoms. The van der Waals surface area contributed by atoms with E-state index < -0.39 is 0 Å². The number of benzene rings is 1. The lowest BCUT2D eigenvalue weighted by atomic mass is 10.3. The summed E-state index contributed by atoms with van der Waals surface area (Å²) in [5.41, 5.74) is 1.61. The summed E-state index contributed by atoms with van der Waals surface area (Å²) >= 11 is 6.32. The number of fused-ring (bicyclic) bond motifs is 1. The van der Waals surface area contributed by atoms with Crippen molar-refractivity contribution in [3.8, 4) is 11.8 Å². The number of imidazole rings is 1. The van der Waals surface area contributed by atoms with E-state index >= 15 is 0 Å². The van der Waals surface area contributed by atoms with E-state index in [1.165, 1.54) is 0 Å². The molecule has 1 fully saturated rings. The lowest BCUT2D eigenvalue weighted by molar-refractivity contribution is 0.0592. The fourth-order valence-electron chi connectivity index (χ4n) is 2.88. The van der Waals surface area contributed by atoms with Gasteiger partial charge in [0.1, 0.15) is 17.0 Å². The van der Waals surface area contributed by atoms with Gasteiger partial charge in [-0.25, -0.2) is 4.98 Å². The Balaban J connectivity index is 1.77. The first-order chi connectivity index (χ1) is 12.2. The van der Waals surface area contributed by atoms with Crippen molar-refractivity contribution in [2.24, 2.45) is 0 Å². The summed E-state index contributed by atoms with van der Waals surface area (Å²) in [4.78, 5) is 12.5. The van der Waals surface area contributed by atoms with Crippen LogP contribution < -0.4 is 10.1 Å². The quantitative estimate of drug-likeness (QED) is 0.736. The van der Waals surface area contributed by atoms with Gasteiger partial charge in [0.2, 0.25) is 0 Å². The van der Waals surface area contributed by atoms with Crippen molar-refractivity contribution in [2.75, 3.05) is 19.0 Å². The molecule has 4 rings (SSSR count). The highest BCUT2D eigenvalue weighted by Gasteiger charge is 2.22. The Labute approximate surface area is 148 Å². The zero-order valence-electron chi connectivity index (χ0n) is 13.4. The lowest BCUT2D eigenvalue weighted by Crippen LogP contribution is -2.07. The summed E-state index contributed by atoms with van der Waals surface area (Å²) < 4.78 is 12.7. The van der Waals surface area contributed by atoms with Crippen molar-refractivity contribution in [1.82, 2.24) is 19.5 Å². The van der Waals surface area contributed by atoms with Crippen LogP contribution in [0.2, 0.25) is 5.02 Å². The molecule has 1 unspecified atom stereocenters. The van der Waals surface area contributed by atoms with Crippen molar-refractivity contribution in [1.29, 1.82) is 0 Å². The second kappa shape index (κ2) is 6.38. The molecule has 2 aromatic heterocycles. The fourth-order valence-corrected chi connectivity index (χ4v) is 3.13. The monoisotopic (exact) mass is 361 g/mol. The molecule has 0 aliphatic carbocycles. The van der Waals surface area contributed by atoms with Crippen LogP contribution in [0, 0.1) is 0 Å². The molecule has 3 heterocycles. The van der Waals surface area contributed by atoms with Crippen LogP contribution in [0.25, 0.3) is 11.2 Å². The number of aromatic nitrogens is 4. The van der Waals surface area contributed by atoms with Crippen LogP contribution in [0.1, 0.15) is 19.1 Å². The molecule has 0 amide bonds. The average Bonchev–Trinajstić information content (AvgIpc) is 3.25. The van der Waals surface area contributed by atoms with Gasteiger partial charge >= 0.3 is 6.01 Å². The number of methoxy groups -OCH3 is 1. The highest BCUT2D eigenvalue weighted by atomic mass is 35.5. The Bertz CT molecular complexity index is 924. The van der Waals surface area contributed by atoms with Crippen LogP contribution in [0.15, 0.2) is 24.5 Å². The minimum absolute atomic E-state index is 0.132. The highest BCUT2D eigenvalue weighted by Crippen LogP contribution is 2.35. The molecule has 0 spiro atoms. The first kappa shape index (κ1) is 15.9. The third-order valence-electron chi connectivity index (χ3n) is 4.06. The molecule has 8 nitrogen and oxygen atoms in total. The first-order valence-corrected chi connectivity index (χ1v) is 8.20. The standard InChI is InChI=1S/C16H16ClN5O3/c1-24-10-5-2-4-9(12(10)17)19-14-13-15(21-16(23)20-14)22(8-18-13)11-6-3-7-25-11/h2,4-5,8,11H,3,6-7H2,1H3,(H2,19,20,21,23). The maximum atomic E-state index is 9.94. The molecule has 1 atom stereocenters. The summed E-state index contributed by atoms with van der Waals surface area (Å²) in [6.07, 6.45) is 3.37. The van der Waals surface area contributed by atoms with Gasteiger partial charge in [-0.05, 0) is 25.0 Å². The summed E-state index contributed by atoms with van der Waals surface area (Å²) in [6, 6.07) is 4.99. The van der Waals surface area contributed by atoms with E-state index in [9.17, 15) is 5.11 Å². The number of rotatable bonds is 4. The van der Waals surface area contributed by atoms with Crippen LogP contribution >= 0.6 is 11.6 Å². The summed E-state index contributed by atoms with van der Waals surface area (Å²) in [7, 11) is 1.54. The molecule has 1 aliphatic heterocycles. The molecule has 25 heavy (non-hydrogen) atoms. The Morgan fingerprint density at radius 2 is 2.28 bits per heavy atom. The third kappa shape index (κ3) is 2.83. The van der Waals surface area contributed by atoms with Crippen LogP contribution in [-0.2, 0) is 4.74 Å². The molecule has 130 valence electrons. The Kier molecular flexibility index (Phi) is 4.06. The topological polar surface area (TPSA) is 94.3 Å². The van der Waals surface area contributed by atoms with E-state index in [-0.39, 0.29) is 12.2 Å². The van der Waals surface area contributed by atoms with Crippen LogP contribution in [-0.4, -0.2) is 38.3 Å². The van der Waals surface area contributed by atoms with E-state index in [2.05, 4.69) is 20.3 Å². The Morgan fingerprint density at radius 3 is 3.04 bits per heavy atom. The van der Waals surface area contributed by atoms with Gasteiger partial charge in [-0.2, -0.15) is 9.97 Å². The number of halogens is 1. The summed E-state index contributed by atoms with van der Waals surface area (Å²) in [5.74, 6) is 0.889. The van der Waals surface area contributed by atoms with Crippen LogP contribution in [0.4, 0.5) is 11.5 Å². The van der Waals surface area contributed by atoms with Gasteiger partial charge in [0.05, 0.1) is 19.1 Å². The predicted octanol–water partition coefficient (Wildman–Crippen LogP) is 3.25. The maximum Gasteiger partial charge on any atom is 0.318 e. The van der Waals surface area contributed by atoms with Crippen molar-refractivity contribution in [3.05, 3.63) is 29.5 Å². The van der Waals surface area contributed by atoms with E-state index in [1.807, 2.05) is 4.57 Å². The van der Waals surface area contributed by atoms with E-state index in [1.54, 1.807) is 31.6 Å². The number of ether oxygens (including phenoxy) is 2. The van der Waals surface area contributed by atoms with Crippen LogP contribution in [0.3, 0.4) is 0 Å². The van der Waals surface area contributed by atoms with Gasteiger partial charge in [0.15, 0.2) is 17.0 Å². The molecule has 3 aromatic rings. The lowest BCUT2D eigenvalue weighted by Gasteiger charge is -2.13. The third-order valence-corrected chi connectivity index (χ3v) is 4.45. The Morgan fingerprint density at radius 1 is 1.40 bits per heavy atom.